The lowest BCUT2D eigenvalue weighted by Crippen LogP contribution is -2.22. The maximum Gasteiger partial charge on any atom is 0.273 e. The molecule has 0 amide bonds. The number of para-hydroxylation sites is 1. The van der Waals surface area contributed by atoms with E-state index in [1.54, 1.807) is 12.1 Å². The van der Waals surface area contributed by atoms with Crippen LogP contribution in [0.1, 0.15) is 12.0 Å². The van der Waals surface area contributed by atoms with Crippen LogP contribution in [0.5, 0.6) is 0 Å². The number of nitro benzene ring substituents is 1. The second-order valence-corrected chi connectivity index (χ2v) is 4.25. The van der Waals surface area contributed by atoms with Gasteiger partial charge in [-0.05, 0) is 12.3 Å². The van der Waals surface area contributed by atoms with Crippen molar-refractivity contribution in [2.24, 2.45) is 5.92 Å². The Labute approximate surface area is 99.9 Å². The highest BCUT2D eigenvalue weighted by Crippen LogP contribution is 2.17. The van der Waals surface area contributed by atoms with Gasteiger partial charge < -0.3 is 10.1 Å². The van der Waals surface area contributed by atoms with Crippen molar-refractivity contribution in [1.82, 2.24) is 5.32 Å². The number of nitro groups is 1. The summed E-state index contributed by atoms with van der Waals surface area (Å²) < 4.78 is 5.27. The first-order valence-corrected chi connectivity index (χ1v) is 5.78. The average molecular weight is 236 g/mol. The minimum Gasteiger partial charge on any atom is -0.381 e. The molecule has 1 aliphatic rings. The molecule has 1 atom stereocenters. The fraction of sp³-hybridized carbons (Fsp3) is 0.500. The summed E-state index contributed by atoms with van der Waals surface area (Å²) in [5, 5.41) is 14.1. The van der Waals surface area contributed by atoms with Crippen LogP contribution in [-0.2, 0) is 11.3 Å². The number of ether oxygens (including phenoxy) is 1. The first-order valence-electron chi connectivity index (χ1n) is 5.78. The van der Waals surface area contributed by atoms with E-state index in [2.05, 4.69) is 5.32 Å². The van der Waals surface area contributed by atoms with Gasteiger partial charge in [-0.25, -0.2) is 0 Å². The molecule has 5 heteroatoms. The SMILES string of the molecule is O=[N+]([O-])c1ccccc1CNCC1CCOC1. The van der Waals surface area contributed by atoms with Crippen LogP contribution < -0.4 is 5.32 Å². The molecule has 1 aromatic rings. The summed E-state index contributed by atoms with van der Waals surface area (Å²) in [6.45, 7) is 3.02. The zero-order valence-electron chi connectivity index (χ0n) is 9.59. The standard InChI is InChI=1S/C12H16N2O3/c15-14(16)12-4-2-1-3-11(12)8-13-7-10-5-6-17-9-10/h1-4,10,13H,5-9H2. The molecule has 0 bridgehead atoms. The summed E-state index contributed by atoms with van der Waals surface area (Å²) in [5.74, 6) is 0.540. The van der Waals surface area contributed by atoms with Gasteiger partial charge in [0.25, 0.3) is 5.69 Å². The first-order chi connectivity index (χ1) is 8.27. The lowest BCUT2D eigenvalue weighted by molar-refractivity contribution is -0.385. The molecule has 1 heterocycles. The van der Waals surface area contributed by atoms with Crippen molar-refractivity contribution in [2.75, 3.05) is 19.8 Å². The predicted octanol–water partition coefficient (Wildman–Crippen LogP) is 1.72. The summed E-state index contributed by atoms with van der Waals surface area (Å²) in [6, 6.07) is 6.83. The van der Waals surface area contributed by atoms with Crippen molar-refractivity contribution in [3.8, 4) is 0 Å². The Bertz CT molecular complexity index is 389. The molecule has 5 nitrogen and oxygen atoms in total. The average Bonchev–Trinajstić information content (AvgIpc) is 2.82. The third-order valence-electron chi connectivity index (χ3n) is 2.96. The minimum absolute atomic E-state index is 0.183. The van der Waals surface area contributed by atoms with Gasteiger partial charge in [0, 0.05) is 31.3 Å². The normalized spacial score (nSPS) is 19.4. The number of nitrogens with one attached hydrogen (secondary N) is 1. The van der Waals surface area contributed by atoms with Crippen LogP contribution in [0.25, 0.3) is 0 Å². The van der Waals surface area contributed by atoms with E-state index in [-0.39, 0.29) is 10.6 Å². The largest absolute Gasteiger partial charge is 0.381 e. The van der Waals surface area contributed by atoms with Crippen molar-refractivity contribution in [2.45, 2.75) is 13.0 Å². The number of hydrogen-bond acceptors (Lipinski definition) is 4. The van der Waals surface area contributed by atoms with Crippen molar-refractivity contribution in [3.63, 3.8) is 0 Å². The van der Waals surface area contributed by atoms with Crippen LogP contribution in [0.3, 0.4) is 0 Å². The molecule has 1 N–H and O–H groups in total. The Kier molecular flexibility index (Phi) is 4.06. The van der Waals surface area contributed by atoms with Crippen molar-refractivity contribution >= 4 is 5.69 Å². The second kappa shape index (κ2) is 5.75. The maximum atomic E-state index is 10.8. The molecular weight excluding hydrogens is 220 g/mol. The number of benzene rings is 1. The van der Waals surface area contributed by atoms with E-state index in [0.29, 0.717) is 12.5 Å². The smallest absolute Gasteiger partial charge is 0.273 e. The zero-order chi connectivity index (χ0) is 12.1. The lowest BCUT2D eigenvalue weighted by Gasteiger charge is -2.09. The quantitative estimate of drug-likeness (QED) is 0.624. The molecule has 1 saturated heterocycles. The highest BCUT2D eigenvalue weighted by Gasteiger charge is 2.16. The van der Waals surface area contributed by atoms with Crippen LogP contribution in [-0.4, -0.2) is 24.7 Å². The van der Waals surface area contributed by atoms with Crippen LogP contribution >= 0.6 is 0 Å². The molecule has 1 fully saturated rings. The van der Waals surface area contributed by atoms with E-state index >= 15 is 0 Å². The van der Waals surface area contributed by atoms with Crippen molar-refractivity contribution in [3.05, 3.63) is 39.9 Å². The third kappa shape index (κ3) is 3.25. The van der Waals surface area contributed by atoms with Crippen molar-refractivity contribution in [1.29, 1.82) is 0 Å². The summed E-state index contributed by atoms with van der Waals surface area (Å²) >= 11 is 0. The molecule has 0 radical (unpaired) electrons. The highest BCUT2D eigenvalue weighted by atomic mass is 16.6. The van der Waals surface area contributed by atoms with Gasteiger partial charge in [0.2, 0.25) is 0 Å². The molecule has 1 aliphatic heterocycles. The molecule has 0 saturated carbocycles. The van der Waals surface area contributed by atoms with E-state index in [9.17, 15) is 10.1 Å². The third-order valence-corrected chi connectivity index (χ3v) is 2.96. The number of nitrogens with zero attached hydrogens (tertiary/aromatic N) is 1. The van der Waals surface area contributed by atoms with E-state index < -0.39 is 0 Å². The molecule has 1 unspecified atom stereocenters. The van der Waals surface area contributed by atoms with Gasteiger partial charge in [-0.15, -0.1) is 0 Å². The van der Waals surface area contributed by atoms with Crippen LogP contribution in [0, 0.1) is 16.0 Å². The number of hydrogen-bond donors (Lipinski definition) is 1. The summed E-state index contributed by atoms with van der Waals surface area (Å²) in [4.78, 5) is 10.5. The molecule has 0 aromatic heterocycles. The van der Waals surface area contributed by atoms with Gasteiger partial charge in [0.05, 0.1) is 11.5 Å². The predicted molar refractivity (Wildman–Crippen MR) is 63.7 cm³/mol. The molecule has 0 spiro atoms. The first kappa shape index (κ1) is 12.0. The Morgan fingerprint density at radius 1 is 1.47 bits per heavy atom. The fourth-order valence-electron chi connectivity index (χ4n) is 1.99. The Morgan fingerprint density at radius 2 is 2.29 bits per heavy atom. The zero-order valence-corrected chi connectivity index (χ0v) is 9.59. The monoisotopic (exact) mass is 236 g/mol. The highest BCUT2D eigenvalue weighted by molar-refractivity contribution is 5.39. The van der Waals surface area contributed by atoms with E-state index in [1.165, 1.54) is 6.07 Å². The van der Waals surface area contributed by atoms with Gasteiger partial charge in [0.15, 0.2) is 0 Å². The van der Waals surface area contributed by atoms with Crippen molar-refractivity contribution < 1.29 is 9.66 Å². The molecule has 92 valence electrons. The molecule has 17 heavy (non-hydrogen) atoms. The lowest BCUT2D eigenvalue weighted by atomic mass is 10.1. The van der Waals surface area contributed by atoms with Crippen LogP contribution in [0.15, 0.2) is 24.3 Å². The number of rotatable bonds is 5. The van der Waals surface area contributed by atoms with Gasteiger partial charge in [0.1, 0.15) is 0 Å². The van der Waals surface area contributed by atoms with E-state index in [4.69, 9.17) is 4.74 Å². The summed E-state index contributed by atoms with van der Waals surface area (Å²) in [5.41, 5.74) is 0.916. The molecule has 2 rings (SSSR count). The fourth-order valence-corrected chi connectivity index (χ4v) is 1.99. The molecular formula is C12H16N2O3. The van der Waals surface area contributed by atoms with E-state index in [0.717, 1.165) is 31.7 Å². The minimum atomic E-state index is -0.338. The van der Waals surface area contributed by atoms with Crippen LogP contribution in [0.4, 0.5) is 5.69 Å². The topological polar surface area (TPSA) is 64.4 Å². The maximum absolute atomic E-state index is 10.8. The van der Waals surface area contributed by atoms with Gasteiger partial charge >= 0.3 is 0 Å². The van der Waals surface area contributed by atoms with E-state index in [1.807, 2.05) is 6.07 Å². The van der Waals surface area contributed by atoms with Gasteiger partial charge in [-0.3, -0.25) is 10.1 Å². The molecule has 1 aromatic carbocycles. The van der Waals surface area contributed by atoms with Crippen LogP contribution in [0.2, 0.25) is 0 Å². The van der Waals surface area contributed by atoms with Gasteiger partial charge in [-0.2, -0.15) is 0 Å². The Morgan fingerprint density at radius 3 is 3.00 bits per heavy atom. The second-order valence-electron chi connectivity index (χ2n) is 4.25. The van der Waals surface area contributed by atoms with Gasteiger partial charge in [-0.1, -0.05) is 18.2 Å². The Hall–Kier alpha value is -1.46. The summed E-state index contributed by atoms with van der Waals surface area (Å²) in [7, 11) is 0. The Balaban J connectivity index is 1.87. The summed E-state index contributed by atoms with van der Waals surface area (Å²) in [6.07, 6.45) is 1.07. The molecule has 0 aliphatic carbocycles.